The number of halogens is 1. The van der Waals surface area contributed by atoms with Crippen molar-refractivity contribution in [3.05, 3.63) is 52.0 Å². The van der Waals surface area contributed by atoms with E-state index in [1.807, 2.05) is 24.3 Å². The Morgan fingerprint density at radius 1 is 1.24 bits per heavy atom. The minimum absolute atomic E-state index is 0.0320. The normalized spacial score (nSPS) is 28.1. The largest absolute Gasteiger partial charge is 0.300 e. The molecule has 1 N–H and O–H groups in total. The van der Waals surface area contributed by atoms with E-state index in [0.717, 1.165) is 16.5 Å². The predicted molar refractivity (Wildman–Crippen MR) is 110 cm³/mol. The first-order chi connectivity index (χ1) is 14.0. The van der Waals surface area contributed by atoms with Gasteiger partial charge in [0.25, 0.3) is 0 Å². The molecule has 2 heterocycles. The van der Waals surface area contributed by atoms with Gasteiger partial charge >= 0.3 is 0 Å². The Balaban J connectivity index is 1.46. The van der Waals surface area contributed by atoms with Crippen molar-refractivity contribution in [2.75, 3.05) is 5.32 Å². The lowest BCUT2D eigenvalue weighted by Crippen LogP contribution is -2.38. The first kappa shape index (κ1) is 18.6. The van der Waals surface area contributed by atoms with Gasteiger partial charge in [0.1, 0.15) is 5.51 Å². The van der Waals surface area contributed by atoms with Gasteiger partial charge in [-0.3, -0.25) is 19.3 Å². The lowest BCUT2D eigenvalue weighted by molar-refractivity contribution is -0.144. The van der Waals surface area contributed by atoms with Gasteiger partial charge in [-0.25, -0.2) is 0 Å². The van der Waals surface area contributed by atoms with Crippen LogP contribution >= 0.6 is 27.3 Å². The molecule has 5 unspecified atom stereocenters. The molecule has 2 aromatic rings. The zero-order valence-electron chi connectivity index (χ0n) is 15.2. The summed E-state index contributed by atoms with van der Waals surface area (Å²) in [5, 5.41) is 10.6. The zero-order valence-corrected chi connectivity index (χ0v) is 17.6. The van der Waals surface area contributed by atoms with Crippen LogP contribution in [0.25, 0.3) is 0 Å². The van der Waals surface area contributed by atoms with Crippen LogP contribution in [0, 0.1) is 23.7 Å². The molecule has 1 saturated carbocycles. The zero-order chi connectivity index (χ0) is 20.1. The van der Waals surface area contributed by atoms with Crippen molar-refractivity contribution in [3.8, 4) is 0 Å². The van der Waals surface area contributed by atoms with Gasteiger partial charge in [-0.1, -0.05) is 51.6 Å². The maximum atomic E-state index is 13.3. The van der Waals surface area contributed by atoms with Crippen LogP contribution in [0.2, 0.25) is 0 Å². The van der Waals surface area contributed by atoms with Gasteiger partial charge in [0.2, 0.25) is 22.9 Å². The smallest absolute Gasteiger partial charge is 0.234 e. The van der Waals surface area contributed by atoms with Crippen LogP contribution in [-0.2, 0) is 14.4 Å². The number of fused-ring (bicyclic) bond motifs is 5. The van der Waals surface area contributed by atoms with E-state index in [-0.39, 0.29) is 47.8 Å². The number of imide groups is 1. The Morgan fingerprint density at radius 3 is 2.59 bits per heavy atom. The molecule has 1 aromatic carbocycles. The van der Waals surface area contributed by atoms with Gasteiger partial charge in [-0.2, -0.15) is 0 Å². The van der Waals surface area contributed by atoms with Crippen LogP contribution in [-0.4, -0.2) is 32.8 Å². The van der Waals surface area contributed by atoms with E-state index < -0.39 is 6.04 Å². The third kappa shape index (κ3) is 3.12. The number of rotatable bonds is 5. The number of likely N-dealkylation sites (tertiary alicyclic amines) is 1. The molecule has 1 aromatic heterocycles. The summed E-state index contributed by atoms with van der Waals surface area (Å²) in [6, 6.07) is 6.74. The van der Waals surface area contributed by atoms with E-state index in [1.165, 1.54) is 21.7 Å². The van der Waals surface area contributed by atoms with E-state index in [9.17, 15) is 14.4 Å². The number of nitrogens with one attached hydrogen (secondary N) is 1. The predicted octanol–water partition coefficient (Wildman–Crippen LogP) is 3.18. The van der Waals surface area contributed by atoms with E-state index >= 15 is 0 Å². The molecule has 2 aliphatic carbocycles. The number of benzene rings is 1. The van der Waals surface area contributed by atoms with Crippen molar-refractivity contribution in [2.45, 2.75) is 18.9 Å². The van der Waals surface area contributed by atoms with Gasteiger partial charge in [0.05, 0.1) is 24.3 Å². The molecule has 1 aliphatic heterocycles. The minimum Gasteiger partial charge on any atom is -0.300 e. The highest BCUT2D eigenvalue weighted by molar-refractivity contribution is 9.10. The first-order valence-corrected chi connectivity index (χ1v) is 11.1. The summed E-state index contributed by atoms with van der Waals surface area (Å²) in [6.45, 7) is 0. The Labute approximate surface area is 179 Å². The lowest BCUT2D eigenvalue weighted by Gasteiger charge is -2.28. The van der Waals surface area contributed by atoms with Crippen LogP contribution in [0.3, 0.4) is 0 Å². The van der Waals surface area contributed by atoms with Gasteiger partial charge in [-0.15, -0.1) is 10.2 Å². The molecule has 0 spiro atoms. The summed E-state index contributed by atoms with van der Waals surface area (Å²) in [5.41, 5.74) is 2.27. The highest BCUT2D eigenvalue weighted by atomic mass is 79.9. The minimum atomic E-state index is -0.662. The van der Waals surface area contributed by atoms with Crippen molar-refractivity contribution in [1.82, 2.24) is 15.1 Å². The number of hydrogen-bond acceptors (Lipinski definition) is 6. The maximum absolute atomic E-state index is 13.3. The van der Waals surface area contributed by atoms with Crippen LogP contribution in [0.4, 0.5) is 5.13 Å². The average molecular weight is 473 g/mol. The Bertz CT molecular complexity index is 994. The quantitative estimate of drug-likeness (QED) is 0.532. The summed E-state index contributed by atoms with van der Waals surface area (Å²) in [6.07, 6.45) is 4.98. The highest BCUT2D eigenvalue weighted by Crippen LogP contribution is 2.54. The Hall–Kier alpha value is -2.39. The number of carbonyl (C=O) groups is 3. The molecule has 7 nitrogen and oxygen atoms in total. The van der Waals surface area contributed by atoms with Gasteiger partial charge in [0, 0.05) is 4.47 Å². The number of amides is 3. The molecule has 1 saturated heterocycles. The van der Waals surface area contributed by atoms with Gasteiger partial charge < -0.3 is 5.32 Å². The molecule has 5 atom stereocenters. The van der Waals surface area contributed by atoms with E-state index in [2.05, 4.69) is 43.6 Å². The molecule has 9 heteroatoms. The number of nitrogens with zero attached hydrogens (tertiary/aromatic N) is 3. The molecule has 5 rings (SSSR count). The van der Waals surface area contributed by atoms with Gasteiger partial charge in [-0.05, 0) is 36.0 Å². The summed E-state index contributed by atoms with van der Waals surface area (Å²) in [5.74, 6) is -0.965. The number of hydrogen-bond donors (Lipinski definition) is 1. The van der Waals surface area contributed by atoms with Crippen molar-refractivity contribution in [1.29, 1.82) is 0 Å². The summed E-state index contributed by atoms with van der Waals surface area (Å²) in [4.78, 5) is 40.6. The number of aromatic nitrogens is 2. The number of carbonyl (C=O) groups excluding carboxylic acids is 3. The van der Waals surface area contributed by atoms with Crippen LogP contribution in [0.1, 0.15) is 24.4 Å². The molecule has 2 bridgehead atoms. The molecule has 3 aliphatic rings. The third-order valence-electron chi connectivity index (χ3n) is 6.03. The van der Waals surface area contributed by atoms with E-state index in [1.54, 1.807) is 0 Å². The molecule has 148 valence electrons. The second-order valence-electron chi connectivity index (χ2n) is 7.61. The van der Waals surface area contributed by atoms with Crippen molar-refractivity contribution in [3.63, 3.8) is 0 Å². The van der Waals surface area contributed by atoms with Gasteiger partial charge in [0.15, 0.2) is 0 Å². The molecule has 2 fully saturated rings. The summed E-state index contributed by atoms with van der Waals surface area (Å²) >= 11 is 4.66. The molecular formula is C20H17BrN4O3S. The van der Waals surface area contributed by atoms with E-state index in [0.29, 0.717) is 5.13 Å². The highest BCUT2D eigenvalue weighted by Gasteiger charge is 2.60. The lowest BCUT2D eigenvalue weighted by atomic mass is 9.85. The Kier molecular flexibility index (Phi) is 4.59. The first-order valence-electron chi connectivity index (χ1n) is 9.39. The topological polar surface area (TPSA) is 92.3 Å². The molecule has 0 radical (unpaired) electrons. The average Bonchev–Trinajstić information content (AvgIpc) is 3.46. The monoisotopic (exact) mass is 472 g/mol. The van der Waals surface area contributed by atoms with Crippen LogP contribution in [0.5, 0.6) is 0 Å². The molecule has 29 heavy (non-hydrogen) atoms. The number of allylic oxidation sites excluding steroid dienone is 2. The van der Waals surface area contributed by atoms with Crippen LogP contribution in [0.15, 0.2) is 46.4 Å². The van der Waals surface area contributed by atoms with Crippen molar-refractivity contribution in [2.24, 2.45) is 23.7 Å². The maximum Gasteiger partial charge on any atom is 0.234 e. The summed E-state index contributed by atoms with van der Waals surface area (Å²) in [7, 11) is 0. The second-order valence-corrected chi connectivity index (χ2v) is 9.36. The standard InChI is InChI=1S/C20H17BrN4O3S/c21-13-3-1-2-10(7-13)14(8-15(26)23-20-24-22-9-29-20)25-18(27)16-11-4-5-12(6-11)17(16)19(25)28/h1-5,7,9,11-12,14,16-17H,6,8H2,(H,23,24,26). The second kappa shape index (κ2) is 7.14. The third-order valence-corrected chi connectivity index (χ3v) is 7.13. The fourth-order valence-corrected chi connectivity index (χ4v) is 5.76. The SMILES string of the molecule is O=C(CC(c1cccc(Br)c1)N1C(=O)C2C3C=CC(C3)C2C1=O)Nc1nncs1. The Morgan fingerprint density at radius 2 is 1.97 bits per heavy atom. The fraction of sp³-hybridized carbons (Fsp3) is 0.350. The molecular weight excluding hydrogens is 456 g/mol. The van der Waals surface area contributed by atoms with Crippen LogP contribution < -0.4 is 5.32 Å². The molecule has 3 amide bonds. The van der Waals surface area contributed by atoms with Crippen molar-refractivity contribution < 1.29 is 14.4 Å². The number of anilines is 1. The summed E-state index contributed by atoms with van der Waals surface area (Å²) < 4.78 is 0.825. The fourth-order valence-electron chi connectivity index (χ4n) is 4.88. The van der Waals surface area contributed by atoms with E-state index in [4.69, 9.17) is 0 Å². The van der Waals surface area contributed by atoms with Crippen molar-refractivity contribution >= 4 is 50.1 Å².